The van der Waals surface area contributed by atoms with Crippen molar-refractivity contribution in [3.8, 4) is 0 Å². The van der Waals surface area contributed by atoms with Gasteiger partial charge in [0.2, 0.25) is 5.91 Å². The highest BCUT2D eigenvalue weighted by Crippen LogP contribution is 2.19. The topological polar surface area (TPSA) is 83.1 Å². The van der Waals surface area contributed by atoms with Crippen LogP contribution in [0.3, 0.4) is 0 Å². The van der Waals surface area contributed by atoms with E-state index in [-0.39, 0.29) is 24.4 Å². The van der Waals surface area contributed by atoms with Crippen LogP contribution in [0, 0.1) is 6.92 Å². The molecular formula is C19H24N4O2S. The van der Waals surface area contributed by atoms with Crippen molar-refractivity contribution in [1.82, 2.24) is 10.3 Å². The summed E-state index contributed by atoms with van der Waals surface area (Å²) in [6.45, 7) is 2.00. The second kappa shape index (κ2) is 8.80. The number of rotatable bonds is 5. The lowest BCUT2D eigenvalue weighted by Gasteiger charge is -2.22. The van der Waals surface area contributed by atoms with E-state index in [1.807, 2.05) is 31.2 Å². The molecule has 0 atom stereocenters. The molecule has 0 aliphatic heterocycles. The van der Waals surface area contributed by atoms with Crippen LogP contribution in [-0.2, 0) is 11.2 Å². The van der Waals surface area contributed by atoms with Crippen molar-refractivity contribution in [3.05, 3.63) is 40.9 Å². The zero-order chi connectivity index (χ0) is 18.4. The van der Waals surface area contributed by atoms with Crippen LogP contribution in [-0.4, -0.2) is 23.0 Å². The monoisotopic (exact) mass is 372 g/mol. The SMILES string of the molecule is Cc1ccc(NC(=O)Cc2csc(NC(=O)NC3CCCCC3)n2)cc1. The zero-order valence-corrected chi connectivity index (χ0v) is 15.7. The van der Waals surface area contributed by atoms with Crippen molar-refractivity contribution in [2.24, 2.45) is 0 Å². The number of nitrogens with one attached hydrogen (secondary N) is 3. The first-order valence-corrected chi connectivity index (χ1v) is 9.85. The van der Waals surface area contributed by atoms with Crippen LogP contribution in [0.2, 0.25) is 0 Å². The van der Waals surface area contributed by atoms with E-state index < -0.39 is 0 Å². The molecule has 7 heteroatoms. The highest BCUT2D eigenvalue weighted by molar-refractivity contribution is 7.13. The summed E-state index contributed by atoms with van der Waals surface area (Å²) in [4.78, 5) is 28.5. The Kier molecular flexibility index (Phi) is 6.22. The van der Waals surface area contributed by atoms with Crippen LogP contribution in [0.1, 0.15) is 43.4 Å². The Bertz CT molecular complexity index is 751. The molecule has 1 fully saturated rings. The minimum atomic E-state index is -0.220. The summed E-state index contributed by atoms with van der Waals surface area (Å²) in [7, 11) is 0. The van der Waals surface area contributed by atoms with E-state index in [9.17, 15) is 9.59 Å². The molecule has 3 amide bonds. The molecule has 1 heterocycles. The van der Waals surface area contributed by atoms with Gasteiger partial charge in [-0.3, -0.25) is 10.1 Å². The largest absolute Gasteiger partial charge is 0.335 e. The first-order chi connectivity index (χ1) is 12.6. The Morgan fingerprint density at radius 2 is 1.85 bits per heavy atom. The zero-order valence-electron chi connectivity index (χ0n) is 14.9. The number of hydrogen-bond donors (Lipinski definition) is 3. The Balaban J connectivity index is 1.46. The molecular weight excluding hydrogens is 348 g/mol. The van der Waals surface area contributed by atoms with Gasteiger partial charge in [-0.05, 0) is 31.9 Å². The first kappa shape index (κ1) is 18.4. The van der Waals surface area contributed by atoms with Crippen molar-refractivity contribution < 1.29 is 9.59 Å². The van der Waals surface area contributed by atoms with Crippen molar-refractivity contribution in [2.45, 2.75) is 51.5 Å². The molecule has 1 aliphatic carbocycles. The van der Waals surface area contributed by atoms with E-state index in [1.54, 1.807) is 5.38 Å². The number of aryl methyl sites for hydroxylation is 1. The molecule has 1 aromatic heterocycles. The number of aromatic nitrogens is 1. The van der Waals surface area contributed by atoms with Gasteiger partial charge in [0.1, 0.15) is 0 Å². The molecule has 0 bridgehead atoms. The molecule has 6 nitrogen and oxygen atoms in total. The van der Waals surface area contributed by atoms with E-state index in [4.69, 9.17) is 0 Å². The summed E-state index contributed by atoms with van der Waals surface area (Å²) in [5.41, 5.74) is 2.55. The fourth-order valence-corrected chi connectivity index (χ4v) is 3.72. The van der Waals surface area contributed by atoms with Gasteiger partial charge in [-0.1, -0.05) is 37.0 Å². The van der Waals surface area contributed by atoms with Crippen molar-refractivity contribution in [1.29, 1.82) is 0 Å². The molecule has 26 heavy (non-hydrogen) atoms. The number of benzene rings is 1. The number of amides is 3. The molecule has 0 unspecified atom stereocenters. The third-order valence-electron chi connectivity index (χ3n) is 4.39. The number of anilines is 2. The van der Waals surface area contributed by atoms with Gasteiger partial charge in [0.25, 0.3) is 0 Å². The van der Waals surface area contributed by atoms with Crippen molar-refractivity contribution in [3.63, 3.8) is 0 Å². The van der Waals surface area contributed by atoms with Crippen molar-refractivity contribution >= 4 is 34.1 Å². The predicted molar refractivity (Wildman–Crippen MR) is 105 cm³/mol. The highest BCUT2D eigenvalue weighted by atomic mass is 32.1. The Morgan fingerprint density at radius 1 is 1.12 bits per heavy atom. The average Bonchev–Trinajstić information content (AvgIpc) is 3.04. The second-order valence-electron chi connectivity index (χ2n) is 6.67. The van der Waals surface area contributed by atoms with Gasteiger partial charge < -0.3 is 10.6 Å². The molecule has 138 valence electrons. The van der Waals surface area contributed by atoms with Gasteiger partial charge in [-0.15, -0.1) is 11.3 Å². The normalized spacial score (nSPS) is 14.7. The third kappa shape index (κ3) is 5.56. The van der Waals surface area contributed by atoms with E-state index in [0.717, 1.165) is 24.1 Å². The number of hydrogen-bond acceptors (Lipinski definition) is 4. The Morgan fingerprint density at radius 3 is 2.58 bits per heavy atom. The summed E-state index contributed by atoms with van der Waals surface area (Å²) < 4.78 is 0. The maximum absolute atomic E-state index is 12.1. The summed E-state index contributed by atoms with van der Waals surface area (Å²) >= 11 is 1.33. The summed E-state index contributed by atoms with van der Waals surface area (Å²) in [6, 6.07) is 7.68. The molecule has 1 aliphatic rings. The van der Waals surface area contributed by atoms with Crippen LogP contribution in [0.25, 0.3) is 0 Å². The van der Waals surface area contributed by atoms with Crippen molar-refractivity contribution in [2.75, 3.05) is 10.6 Å². The van der Waals surface area contributed by atoms with Crippen LogP contribution < -0.4 is 16.0 Å². The van der Waals surface area contributed by atoms with Gasteiger partial charge in [0, 0.05) is 17.1 Å². The number of carbonyl (C=O) groups excluding carboxylic acids is 2. The molecule has 0 spiro atoms. The predicted octanol–water partition coefficient (Wildman–Crippen LogP) is 4.09. The van der Waals surface area contributed by atoms with Gasteiger partial charge in [-0.2, -0.15) is 0 Å². The summed E-state index contributed by atoms with van der Waals surface area (Å²) in [5.74, 6) is -0.127. The Hall–Kier alpha value is -2.41. The molecule has 3 rings (SSSR count). The summed E-state index contributed by atoms with van der Waals surface area (Å²) in [5, 5.41) is 10.9. The summed E-state index contributed by atoms with van der Waals surface area (Å²) in [6.07, 6.45) is 5.84. The van der Waals surface area contributed by atoms with Gasteiger partial charge >= 0.3 is 6.03 Å². The molecule has 1 saturated carbocycles. The fourth-order valence-electron chi connectivity index (χ4n) is 3.02. The maximum Gasteiger partial charge on any atom is 0.321 e. The van der Waals surface area contributed by atoms with E-state index >= 15 is 0 Å². The van der Waals surface area contributed by atoms with Gasteiger partial charge in [0.05, 0.1) is 12.1 Å². The lowest BCUT2D eigenvalue weighted by molar-refractivity contribution is -0.115. The van der Waals surface area contributed by atoms with Crippen LogP contribution in [0.15, 0.2) is 29.6 Å². The minimum absolute atomic E-state index is 0.127. The molecule has 0 radical (unpaired) electrons. The van der Waals surface area contributed by atoms with E-state index in [0.29, 0.717) is 10.8 Å². The molecule has 0 saturated heterocycles. The van der Waals surface area contributed by atoms with Gasteiger partial charge in [0.15, 0.2) is 5.13 Å². The highest BCUT2D eigenvalue weighted by Gasteiger charge is 2.16. The smallest absolute Gasteiger partial charge is 0.321 e. The fraction of sp³-hybridized carbons (Fsp3) is 0.421. The molecule has 3 N–H and O–H groups in total. The number of urea groups is 1. The maximum atomic E-state index is 12.1. The molecule has 2 aromatic rings. The van der Waals surface area contributed by atoms with E-state index in [1.165, 1.54) is 30.6 Å². The van der Waals surface area contributed by atoms with Crippen LogP contribution in [0.4, 0.5) is 15.6 Å². The lowest BCUT2D eigenvalue weighted by atomic mass is 9.96. The number of nitrogens with zero attached hydrogens (tertiary/aromatic N) is 1. The first-order valence-electron chi connectivity index (χ1n) is 8.97. The minimum Gasteiger partial charge on any atom is -0.335 e. The second-order valence-corrected chi connectivity index (χ2v) is 7.53. The van der Waals surface area contributed by atoms with Gasteiger partial charge in [-0.25, -0.2) is 9.78 Å². The third-order valence-corrected chi connectivity index (χ3v) is 5.20. The Labute approximate surface area is 157 Å². The quantitative estimate of drug-likeness (QED) is 0.739. The average molecular weight is 372 g/mol. The van der Waals surface area contributed by atoms with Crippen LogP contribution >= 0.6 is 11.3 Å². The number of carbonyl (C=O) groups is 2. The van der Waals surface area contributed by atoms with Crippen LogP contribution in [0.5, 0.6) is 0 Å². The lowest BCUT2D eigenvalue weighted by Crippen LogP contribution is -2.39. The van der Waals surface area contributed by atoms with E-state index in [2.05, 4.69) is 20.9 Å². The molecule has 1 aromatic carbocycles. The number of thiazole rings is 1. The standard InChI is InChI=1S/C19H24N4O2S/c1-13-7-9-15(10-8-13)20-17(24)11-16-12-26-19(22-16)23-18(25)21-14-5-3-2-4-6-14/h7-10,12,14H,2-6,11H2,1H3,(H,20,24)(H2,21,22,23,25).